The number of piperidine rings is 1. The van der Waals surface area contributed by atoms with Gasteiger partial charge in [-0.3, -0.25) is 4.79 Å². The maximum Gasteiger partial charge on any atom is 0.252 e. The molecule has 0 unspecified atom stereocenters. The first-order valence-corrected chi connectivity index (χ1v) is 7.39. The Morgan fingerprint density at radius 3 is 2.80 bits per heavy atom. The molecule has 0 aliphatic carbocycles. The zero-order valence-electron chi connectivity index (χ0n) is 12.1. The number of rotatable bonds is 6. The van der Waals surface area contributed by atoms with Crippen molar-refractivity contribution < 1.29 is 9.53 Å². The van der Waals surface area contributed by atoms with Crippen LogP contribution in [0.1, 0.15) is 36.5 Å². The summed E-state index contributed by atoms with van der Waals surface area (Å²) in [5.74, 6) is 0.481. The number of carbonyl (C=O) groups excluding carboxylic acids is 1. The van der Waals surface area contributed by atoms with Gasteiger partial charge in [-0.25, -0.2) is 4.98 Å². The topological polar surface area (TPSA) is 54.5 Å². The molecule has 1 amide bonds. The molecule has 110 valence electrons. The molecule has 0 radical (unpaired) electrons. The molecule has 1 aliphatic heterocycles. The lowest BCUT2D eigenvalue weighted by molar-refractivity contribution is 0.0946. The summed E-state index contributed by atoms with van der Waals surface area (Å²) in [5.41, 5.74) is 0.576. The van der Waals surface area contributed by atoms with Gasteiger partial charge in [0.15, 0.2) is 0 Å². The van der Waals surface area contributed by atoms with Gasteiger partial charge >= 0.3 is 0 Å². The van der Waals surface area contributed by atoms with Crippen LogP contribution in [0, 0.1) is 0 Å². The molecule has 1 fully saturated rings. The lowest BCUT2D eigenvalue weighted by Gasteiger charge is -2.26. The Kier molecular flexibility index (Phi) is 5.80. The predicted molar refractivity (Wildman–Crippen MR) is 78.0 cm³/mol. The van der Waals surface area contributed by atoms with E-state index in [1.165, 1.54) is 19.3 Å². The molecule has 20 heavy (non-hydrogen) atoms. The molecule has 1 saturated heterocycles. The number of likely N-dealkylation sites (tertiary alicyclic amines) is 1. The van der Waals surface area contributed by atoms with Crippen molar-refractivity contribution in [1.82, 2.24) is 15.2 Å². The van der Waals surface area contributed by atoms with E-state index in [0.717, 1.165) is 19.6 Å². The number of carbonyl (C=O) groups is 1. The molecule has 5 nitrogen and oxygen atoms in total. The van der Waals surface area contributed by atoms with Crippen molar-refractivity contribution in [1.29, 1.82) is 0 Å². The van der Waals surface area contributed by atoms with Crippen LogP contribution in [-0.2, 0) is 0 Å². The largest absolute Gasteiger partial charge is 0.478 e. The first-order chi connectivity index (χ1) is 9.79. The molecule has 1 aromatic heterocycles. The van der Waals surface area contributed by atoms with E-state index in [4.69, 9.17) is 4.74 Å². The first-order valence-electron chi connectivity index (χ1n) is 7.39. The summed E-state index contributed by atoms with van der Waals surface area (Å²) >= 11 is 0. The van der Waals surface area contributed by atoms with Gasteiger partial charge in [0.05, 0.1) is 12.2 Å². The van der Waals surface area contributed by atoms with Crippen LogP contribution in [0.5, 0.6) is 5.88 Å². The summed E-state index contributed by atoms with van der Waals surface area (Å²) in [6.45, 7) is 6.40. The van der Waals surface area contributed by atoms with Gasteiger partial charge in [-0.15, -0.1) is 0 Å². The van der Waals surface area contributed by atoms with Crippen LogP contribution in [0.25, 0.3) is 0 Å². The van der Waals surface area contributed by atoms with E-state index in [1.807, 2.05) is 6.92 Å². The number of hydrogen-bond acceptors (Lipinski definition) is 4. The zero-order valence-corrected chi connectivity index (χ0v) is 12.1. The number of hydrogen-bond donors (Lipinski definition) is 1. The maximum atomic E-state index is 11.9. The van der Waals surface area contributed by atoms with Crippen LogP contribution < -0.4 is 10.1 Å². The van der Waals surface area contributed by atoms with E-state index in [2.05, 4.69) is 15.2 Å². The standard InChI is InChI=1S/C15H23N3O2/c1-2-20-14-7-6-13(12-17-14)15(19)16-8-11-18-9-4-3-5-10-18/h6-7,12H,2-5,8-11H2,1H3,(H,16,19). The third-order valence-corrected chi connectivity index (χ3v) is 3.45. The van der Waals surface area contributed by atoms with Crippen molar-refractivity contribution in [2.75, 3.05) is 32.8 Å². The van der Waals surface area contributed by atoms with Crippen molar-refractivity contribution in [3.8, 4) is 5.88 Å². The van der Waals surface area contributed by atoms with Gasteiger partial charge in [0.1, 0.15) is 0 Å². The molecular formula is C15H23N3O2. The number of ether oxygens (including phenoxy) is 1. The molecule has 2 heterocycles. The fourth-order valence-corrected chi connectivity index (χ4v) is 2.36. The van der Waals surface area contributed by atoms with Crippen molar-refractivity contribution in [2.45, 2.75) is 26.2 Å². The van der Waals surface area contributed by atoms with E-state index < -0.39 is 0 Å². The first kappa shape index (κ1) is 14.8. The van der Waals surface area contributed by atoms with Gasteiger partial charge in [0.25, 0.3) is 5.91 Å². The summed E-state index contributed by atoms with van der Waals surface area (Å²) in [6.07, 6.45) is 5.44. The zero-order chi connectivity index (χ0) is 14.2. The number of nitrogens with one attached hydrogen (secondary N) is 1. The van der Waals surface area contributed by atoms with E-state index in [-0.39, 0.29) is 5.91 Å². The molecule has 2 rings (SSSR count). The summed E-state index contributed by atoms with van der Waals surface area (Å²) in [6, 6.07) is 3.47. The van der Waals surface area contributed by atoms with Crippen LogP contribution in [0.4, 0.5) is 0 Å². The Morgan fingerprint density at radius 1 is 1.35 bits per heavy atom. The van der Waals surface area contributed by atoms with Gasteiger partial charge in [-0.05, 0) is 38.9 Å². The Hall–Kier alpha value is -1.62. The van der Waals surface area contributed by atoms with Crippen LogP contribution in [0.2, 0.25) is 0 Å². The van der Waals surface area contributed by atoms with Gasteiger partial charge in [-0.1, -0.05) is 6.42 Å². The third kappa shape index (κ3) is 4.49. The fourth-order valence-electron chi connectivity index (χ4n) is 2.36. The van der Waals surface area contributed by atoms with E-state index in [1.54, 1.807) is 18.3 Å². The van der Waals surface area contributed by atoms with Gasteiger partial charge in [0.2, 0.25) is 5.88 Å². The van der Waals surface area contributed by atoms with Crippen molar-refractivity contribution in [3.63, 3.8) is 0 Å². The molecule has 0 atom stereocenters. The summed E-state index contributed by atoms with van der Waals surface area (Å²) < 4.78 is 5.25. The van der Waals surface area contributed by atoms with Crippen LogP contribution in [-0.4, -0.2) is 48.6 Å². The minimum Gasteiger partial charge on any atom is -0.478 e. The Balaban J connectivity index is 1.73. The predicted octanol–water partition coefficient (Wildman–Crippen LogP) is 1.70. The average molecular weight is 277 g/mol. The molecule has 1 aromatic rings. The van der Waals surface area contributed by atoms with Crippen molar-refractivity contribution >= 4 is 5.91 Å². The van der Waals surface area contributed by atoms with Gasteiger partial charge in [-0.2, -0.15) is 0 Å². The molecule has 1 N–H and O–H groups in total. The smallest absolute Gasteiger partial charge is 0.252 e. The number of aromatic nitrogens is 1. The number of nitrogens with zero attached hydrogens (tertiary/aromatic N) is 2. The lowest BCUT2D eigenvalue weighted by atomic mass is 10.1. The summed E-state index contributed by atoms with van der Waals surface area (Å²) in [4.78, 5) is 18.4. The highest BCUT2D eigenvalue weighted by Crippen LogP contribution is 2.08. The Labute approximate surface area is 120 Å². The molecule has 0 aromatic carbocycles. The fraction of sp³-hybridized carbons (Fsp3) is 0.600. The monoisotopic (exact) mass is 277 g/mol. The molecule has 0 spiro atoms. The van der Waals surface area contributed by atoms with Crippen LogP contribution >= 0.6 is 0 Å². The Morgan fingerprint density at radius 2 is 2.15 bits per heavy atom. The van der Waals surface area contributed by atoms with Crippen LogP contribution in [0.3, 0.4) is 0 Å². The molecule has 0 saturated carbocycles. The van der Waals surface area contributed by atoms with E-state index in [0.29, 0.717) is 24.6 Å². The molecule has 0 bridgehead atoms. The lowest BCUT2D eigenvalue weighted by Crippen LogP contribution is -2.37. The van der Waals surface area contributed by atoms with Crippen molar-refractivity contribution in [3.05, 3.63) is 23.9 Å². The highest BCUT2D eigenvalue weighted by atomic mass is 16.5. The van der Waals surface area contributed by atoms with E-state index >= 15 is 0 Å². The number of pyridine rings is 1. The Bertz CT molecular complexity index is 414. The molecular weight excluding hydrogens is 254 g/mol. The number of amides is 1. The second-order valence-corrected chi connectivity index (χ2v) is 4.98. The van der Waals surface area contributed by atoms with Gasteiger partial charge < -0.3 is 15.0 Å². The second kappa shape index (κ2) is 7.85. The normalized spacial score (nSPS) is 15.8. The SMILES string of the molecule is CCOc1ccc(C(=O)NCCN2CCCCC2)cn1. The third-order valence-electron chi connectivity index (χ3n) is 3.45. The minimum absolute atomic E-state index is 0.0717. The second-order valence-electron chi connectivity index (χ2n) is 4.98. The van der Waals surface area contributed by atoms with Crippen LogP contribution in [0.15, 0.2) is 18.3 Å². The highest BCUT2D eigenvalue weighted by Gasteiger charge is 2.10. The quantitative estimate of drug-likeness (QED) is 0.860. The van der Waals surface area contributed by atoms with Gasteiger partial charge in [0, 0.05) is 25.4 Å². The average Bonchev–Trinajstić information content (AvgIpc) is 2.49. The molecule has 1 aliphatic rings. The highest BCUT2D eigenvalue weighted by molar-refractivity contribution is 5.93. The molecule has 5 heteroatoms. The summed E-state index contributed by atoms with van der Waals surface area (Å²) in [5, 5.41) is 2.94. The summed E-state index contributed by atoms with van der Waals surface area (Å²) in [7, 11) is 0. The minimum atomic E-state index is -0.0717. The maximum absolute atomic E-state index is 11.9. The van der Waals surface area contributed by atoms with Crippen molar-refractivity contribution in [2.24, 2.45) is 0 Å². The van der Waals surface area contributed by atoms with E-state index in [9.17, 15) is 4.79 Å².